The highest BCUT2D eigenvalue weighted by Gasteiger charge is 2.48. The average molecular weight is 377 g/mol. The van der Waals surface area contributed by atoms with E-state index in [1.807, 2.05) is 0 Å². The van der Waals surface area contributed by atoms with Gasteiger partial charge in [-0.15, -0.1) is 11.3 Å². The molecule has 1 aliphatic heterocycles. The number of sulfonamides is 1. The number of hydrogen-bond acceptors (Lipinski definition) is 8. The lowest BCUT2D eigenvalue weighted by Gasteiger charge is -2.25. The first-order valence-corrected chi connectivity index (χ1v) is 9.69. The first kappa shape index (κ1) is 17.7. The molecule has 0 radical (unpaired) electrons. The van der Waals surface area contributed by atoms with Gasteiger partial charge >= 0.3 is 0 Å². The highest BCUT2D eigenvalue weighted by molar-refractivity contribution is 7.91. The first-order valence-electron chi connectivity index (χ1n) is 7.43. The molecule has 1 aromatic heterocycles. The second kappa shape index (κ2) is 6.33. The van der Waals surface area contributed by atoms with E-state index in [2.05, 4.69) is 5.32 Å². The van der Waals surface area contributed by atoms with Gasteiger partial charge in [0.15, 0.2) is 0 Å². The van der Waals surface area contributed by atoms with Gasteiger partial charge in [-0.3, -0.25) is 4.79 Å². The Labute approximate surface area is 143 Å². The number of aliphatic hydroxyl groups is 2. The van der Waals surface area contributed by atoms with Gasteiger partial charge in [0.25, 0.3) is 15.9 Å². The van der Waals surface area contributed by atoms with Crippen molar-refractivity contribution in [1.29, 1.82) is 0 Å². The zero-order chi connectivity index (χ0) is 17.5. The minimum absolute atomic E-state index is 0.0259. The van der Waals surface area contributed by atoms with E-state index >= 15 is 0 Å². The Balaban J connectivity index is 1.89. The normalized spacial score (nSPS) is 22.1. The number of ether oxygens (including phenoxy) is 1. The molecule has 24 heavy (non-hydrogen) atoms. The molecule has 1 atom stereocenters. The van der Waals surface area contributed by atoms with E-state index in [0.717, 1.165) is 11.3 Å². The van der Waals surface area contributed by atoms with Gasteiger partial charge in [-0.2, -0.15) is 4.31 Å². The molecule has 2 aliphatic rings. The van der Waals surface area contributed by atoms with Crippen molar-refractivity contribution in [2.45, 2.75) is 28.9 Å². The molecule has 9 nitrogen and oxygen atoms in total. The zero-order valence-corrected chi connectivity index (χ0v) is 14.4. The average Bonchev–Trinajstić information content (AvgIpc) is 3.15. The molecule has 0 bridgehead atoms. The third-order valence-electron chi connectivity index (χ3n) is 3.99. The van der Waals surface area contributed by atoms with Gasteiger partial charge in [0.1, 0.15) is 21.0 Å². The van der Waals surface area contributed by atoms with E-state index in [9.17, 15) is 23.4 Å². The van der Waals surface area contributed by atoms with E-state index < -0.39 is 27.8 Å². The summed E-state index contributed by atoms with van der Waals surface area (Å²) in [6, 6.07) is 1.26. The van der Waals surface area contributed by atoms with Crippen molar-refractivity contribution >= 4 is 32.3 Å². The fraction of sp³-hybridized carbons (Fsp3) is 0.615. The van der Waals surface area contributed by atoms with Crippen LogP contribution in [0.15, 0.2) is 10.3 Å². The maximum atomic E-state index is 12.7. The summed E-state index contributed by atoms with van der Waals surface area (Å²) in [6.07, 6.45) is -0.744. The van der Waals surface area contributed by atoms with Crippen LogP contribution in [0.25, 0.3) is 0 Å². The molecular formula is C13H19N3O6S2. The van der Waals surface area contributed by atoms with Crippen molar-refractivity contribution in [2.24, 2.45) is 5.73 Å². The standard InChI is InChI=1S/C13H19N3O6S2/c14-10(17)8-7-9(24(20,21)16-3-5-22-6-4-16)23-11(8)15-12(18)13(19)1-2-13/h7,10,17,19H,1-6,14H2,(H,15,18). The van der Waals surface area contributed by atoms with Crippen molar-refractivity contribution < 1.29 is 28.2 Å². The van der Waals surface area contributed by atoms with Crippen LogP contribution in [0.5, 0.6) is 0 Å². The van der Waals surface area contributed by atoms with Crippen LogP contribution in [0.3, 0.4) is 0 Å². The lowest BCUT2D eigenvalue weighted by molar-refractivity contribution is -0.125. The van der Waals surface area contributed by atoms with Crippen LogP contribution in [-0.4, -0.2) is 60.7 Å². The van der Waals surface area contributed by atoms with E-state index in [4.69, 9.17) is 10.5 Å². The maximum absolute atomic E-state index is 12.7. The lowest BCUT2D eigenvalue weighted by Crippen LogP contribution is -2.40. The molecule has 5 N–H and O–H groups in total. The van der Waals surface area contributed by atoms with E-state index in [1.54, 1.807) is 0 Å². The minimum atomic E-state index is -3.76. The highest BCUT2D eigenvalue weighted by Crippen LogP contribution is 2.39. The van der Waals surface area contributed by atoms with Gasteiger partial charge in [-0.05, 0) is 18.9 Å². The van der Waals surface area contributed by atoms with Crippen molar-refractivity contribution in [3.63, 3.8) is 0 Å². The van der Waals surface area contributed by atoms with Crippen LogP contribution in [0.2, 0.25) is 0 Å². The Hall–Kier alpha value is -1.08. The van der Waals surface area contributed by atoms with Crippen LogP contribution in [0.1, 0.15) is 24.6 Å². The molecule has 1 amide bonds. The number of rotatable bonds is 5. The molecule has 3 rings (SSSR count). The van der Waals surface area contributed by atoms with Gasteiger partial charge in [-0.25, -0.2) is 8.42 Å². The molecule has 0 spiro atoms. The Morgan fingerprint density at radius 1 is 1.42 bits per heavy atom. The van der Waals surface area contributed by atoms with Gasteiger partial charge in [-0.1, -0.05) is 0 Å². The molecular weight excluding hydrogens is 358 g/mol. The number of anilines is 1. The van der Waals surface area contributed by atoms with Crippen LogP contribution < -0.4 is 11.1 Å². The molecule has 1 aromatic rings. The molecule has 2 fully saturated rings. The number of hydrogen-bond donors (Lipinski definition) is 4. The van der Waals surface area contributed by atoms with Crippen LogP contribution in [0, 0.1) is 0 Å². The number of thiophene rings is 1. The molecule has 2 heterocycles. The van der Waals surface area contributed by atoms with Gasteiger partial charge in [0, 0.05) is 18.7 Å². The van der Waals surface area contributed by atoms with Gasteiger partial charge in [0.2, 0.25) is 0 Å². The topological polar surface area (TPSA) is 142 Å². The molecule has 1 saturated heterocycles. The van der Waals surface area contributed by atoms with Crippen LogP contribution in [0.4, 0.5) is 5.00 Å². The fourth-order valence-electron chi connectivity index (χ4n) is 2.31. The van der Waals surface area contributed by atoms with E-state index in [1.165, 1.54) is 10.4 Å². The zero-order valence-electron chi connectivity index (χ0n) is 12.8. The summed E-state index contributed by atoms with van der Waals surface area (Å²) < 4.78 is 31.7. The molecule has 134 valence electrons. The summed E-state index contributed by atoms with van der Waals surface area (Å²) in [5, 5.41) is 22.1. The van der Waals surface area contributed by atoms with E-state index in [-0.39, 0.29) is 27.9 Å². The quantitative estimate of drug-likeness (QED) is 0.491. The maximum Gasteiger partial charge on any atom is 0.256 e. The summed E-state index contributed by atoms with van der Waals surface area (Å²) in [4.78, 5) is 12.0. The molecule has 0 aromatic carbocycles. The first-order chi connectivity index (χ1) is 11.2. The van der Waals surface area contributed by atoms with Gasteiger partial charge in [0.05, 0.1) is 13.2 Å². The second-order valence-corrected chi connectivity index (χ2v) is 9.01. The Morgan fingerprint density at radius 2 is 2.04 bits per heavy atom. The Kier molecular flexibility index (Phi) is 4.68. The number of nitrogens with zero attached hydrogens (tertiary/aromatic N) is 1. The van der Waals surface area contributed by atoms with Crippen molar-refractivity contribution in [1.82, 2.24) is 4.31 Å². The van der Waals surface area contributed by atoms with Crippen molar-refractivity contribution in [3.8, 4) is 0 Å². The minimum Gasteiger partial charge on any atom is -0.380 e. The summed E-state index contributed by atoms with van der Waals surface area (Å²) in [5.41, 5.74) is 4.16. The number of amides is 1. The summed E-state index contributed by atoms with van der Waals surface area (Å²) in [5.74, 6) is -0.624. The Morgan fingerprint density at radius 3 is 2.58 bits per heavy atom. The largest absolute Gasteiger partial charge is 0.380 e. The Bertz CT molecular complexity index is 735. The lowest BCUT2D eigenvalue weighted by atomic mass is 10.2. The fourth-order valence-corrected chi connectivity index (χ4v) is 5.28. The molecule has 1 unspecified atom stereocenters. The number of nitrogens with one attached hydrogen (secondary N) is 1. The number of aliphatic hydroxyl groups excluding tert-OH is 1. The number of nitrogens with two attached hydrogens (primary N) is 1. The summed E-state index contributed by atoms with van der Waals surface area (Å²) >= 11 is 0.807. The highest BCUT2D eigenvalue weighted by atomic mass is 32.2. The third-order valence-corrected chi connectivity index (χ3v) is 7.41. The number of morpholine rings is 1. The molecule has 1 aliphatic carbocycles. The summed E-state index contributed by atoms with van der Waals surface area (Å²) in [7, 11) is -3.76. The third kappa shape index (κ3) is 3.33. The summed E-state index contributed by atoms with van der Waals surface area (Å²) in [6.45, 7) is 1.10. The monoisotopic (exact) mass is 377 g/mol. The van der Waals surface area contributed by atoms with Gasteiger partial charge < -0.3 is 26.0 Å². The van der Waals surface area contributed by atoms with Crippen molar-refractivity contribution in [3.05, 3.63) is 11.6 Å². The van der Waals surface area contributed by atoms with Crippen LogP contribution >= 0.6 is 11.3 Å². The SMILES string of the molecule is NC(O)c1cc(S(=O)(=O)N2CCOCC2)sc1NC(=O)C1(O)CC1. The molecule has 11 heteroatoms. The molecule has 1 saturated carbocycles. The number of carbonyl (C=O) groups is 1. The number of carbonyl (C=O) groups excluding carboxylic acids is 1. The van der Waals surface area contributed by atoms with E-state index in [0.29, 0.717) is 26.1 Å². The van der Waals surface area contributed by atoms with Crippen LogP contribution in [-0.2, 0) is 19.6 Å². The predicted octanol–water partition coefficient (Wildman–Crippen LogP) is -0.818. The predicted molar refractivity (Wildman–Crippen MR) is 85.9 cm³/mol. The smallest absolute Gasteiger partial charge is 0.256 e. The van der Waals surface area contributed by atoms with Crippen molar-refractivity contribution in [2.75, 3.05) is 31.6 Å². The second-order valence-electron chi connectivity index (χ2n) is 5.80.